The van der Waals surface area contributed by atoms with Crippen LogP contribution in [0, 0.1) is 0 Å². The molecule has 0 saturated carbocycles. The number of hydrogen-bond donors (Lipinski definition) is 2. The van der Waals surface area contributed by atoms with Gasteiger partial charge in [0.05, 0.1) is 5.75 Å². The fourth-order valence-electron chi connectivity index (χ4n) is 3.10. The lowest BCUT2D eigenvalue weighted by Crippen LogP contribution is -2.45. The van der Waals surface area contributed by atoms with Crippen LogP contribution in [0.15, 0.2) is 35.3 Å². The van der Waals surface area contributed by atoms with Crippen LogP contribution in [0.5, 0.6) is 0 Å². The SMILES string of the molecule is CCS(=O)(=O)CCNC(=NC)NC1CC(C)N(Cc2ccccc2)C1.I. The highest BCUT2D eigenvalue weighted by Crippen LogP contribution is 2.20. The molecule has 2 rings (SSSR count). The Balaban J connectivity index is 0.00000338. The lowest BCUT2D eigenvalue weighted by molar-refractivity contribution is 0.258. The average Bonchev–Trinajstić information content (AvgIpc) is 2.94. The summed E-state index contributed by atoms with van der Waals surface area (Å²) in [6.07, 6.45) is 1.04. The first-order valence-corrected chi connectivity index (χ1v) is 10.7. The molecule has 8 heteroatoms. The van der Waals surface area contributed by atoms with Gasteiger partial charge in [-0.25, -0.2) is 8.42 Å². The van der Waals surface area contributed by atoms with Crippen molar-refractivity contribution < 1.29 is 8.42 Å². The maximum absolute atomic E-state index is 11.6. The summed E-state index contributed by atoms with van der Waals surface area (Å²) in [7, 11) is -1.24. The molecule has 26 heavy (non-hydrogen) atoms. The van der Waals surface area contributed by atoms with E-state index >= 15 is 0 Å². The van der Waals surface area contributed by atoms with Gasteiger partial charge < -0.3 is 10.6 Å². The van der Waals surface area contributed by atoms with Crippen LogP contribution >= 0.6 is 24.0 Å². The van der Waals surface area contributed by atoms with Crippen LogP contribution in [-0.2, 0) is 16.4 Å². The minimum absolute atomic E-state index is 0. The van der Waals surface area contributed by atoms with Crippen molar-refractivity contribution >= 4 is 39.8 Å². The lowest BCUT2D eigenvalue weighted by atomic mass is 10.2. The number of sulfone groups is 1. The molecular weight excluding hydrogens is 463 g/mol. The Labute approximate surface area is 174 Å². The van der Waals surface area contributed by atoms with Gasteiger partial charge >= 0.3 is 0 Å². The first kappa shape index (κ1) is 23.2. The number of halogens is 1. The van der Waals surface area contributed by atoms with Crippen LogP contribution in [0.4, 0.5) is 0 Å². The van der Waals surface area contributed by atoms with Crippen LogP contribution in [0.25, 0.3) is 0 Å². The molecule has 1 aliphatic rings. The zero-order valence-electron chi connectivity index (χ0n) is 15.8. The molecule has 1 aliphatic heterocycles. The highest BCUT2D eigenvalue weighted by atomic mass is 127. The van der Waals surface area contributed by atoms with E-state index in [-0.39, 0.29) is 35.5 Å². The average molecular weight is 494 g/mol. The van der Waals surface area contributed by atoms with Crippen LogP contribution < -0.4 is 10.6 Å². The number of nitrogens with zero attached hydrogens (tertiary/aromatic N) is 2. The Kier molecular flexibility index (Phi) is 9.88. The van der Waals surface area contributed by atoms with E-state index in [1.807, 2.05) is 6.07 Å². The third-order valence-electron chi connectivity index (χ3n) is 4.64. The summed E-state index contributed by atoms with van der Waals surface area (Å²) < 4.78 is 23.1. The fraction of sp³-hybridized carbons (Fsp3) is 0.611. The highest BCUT2D eigenvalue weighted by molar-refractivity contribution is 14.0. The topological polar surface area (TPSA) is 73.8 Å². The van der Waals surface area contributed by atoms with E-state index in [1.165, 1.54) is 5.56 Å². The van der Waals surface area contributed by atoms with E-state index in [1.54, 1.807) is 14.0 Å². The van der Waals surface area contributed by atoms with Gasteiger partial charge in [0.25, 0.3) is 0 Å². The second-order valence-electron chi connectivity index (χ2n) is 6.58. The zero-order chi connectivity index (χ0) is 18.3. The summed E-state index contributed by atoms with van der Waals surface area (Å²) in [4.78, 5) is 6.67. The van der Waals surface area contributed by atoms with E-state index in [0.29, 0.717) is 24.6 Å². The molecular formula is C18H31IN4O2S. The normalized spacial score (nSPS) is 21.3. The molecule has 0 radical (unpaired) electrons. The summed E-state index contributed by atoms with van der Waals surface area (Å²) in [5, 5.41) is 6.53. The zero-order valence-corrected chi connectivity index (χ0v) is 19.0. The first-order chi connectivity index (χ1) is 11.9. The minimum Gasteiger partial charge on any atom is -0.355 e. The Morgan fingerprint density at radius 3 is 2.62 bits per heavy atom. The first-order valence-electron chi connectivity index (χ1n) is 8.89. The third kappa shape index (κ3) is 7.40. The van der Waals surface area contributed by atoms with Crippen LogP contribution in [0.1, 0.15) is 25.8 Å². The second-order valence-corrected chi connectivity index (χ2v) is 9.05. The molecule has 2 unspecified atom stereocenters. The number of nitrogens with one attached hydrogen (secondary N) is 2. The largest absolute Gasteiger partial charge is 0.355 e. The van der Waals surface area contributed by atoms with Gasteiger partial charge in [0, 0.05) is 44.5 Å². The summed E-state index contributed by atoms with van der Waals surface area (Å²) in [5.41, 5.74) is 1.32. The summed E-state index contributed by atoms with van der Waals surface area (Å²) >= 11 is 0. The molecule has 0 bridgehead atoms. The van der Waals surface area contributed by atoms with Gasteiger partial charge in [0.2, 0.25) is 0 Å². The Morgan fingerprint density at radius 2 is 2.00 bits per heavy atom. The predicted octanol–water partition coefficient (Wildman–Crippen LogP) is 1.87. The van der Waals surface area contributed by atoms with Crippen molar-refractivity contribution in [2.24, 2.45) is 4.99 Å². The van der Waals surface area contributed by atoms with Crippen molar-refractivity contribution in [1.82, 2.24) is 15.5 Å². The molecule has 1 saturated heterocycles. The van der Waals surface area contributed by atoms with Crippen molar-refractivity contribution in [1.29, 1.82) is 0 Å². The van der Waals surface area contributed by atoms with Crippen molar-refractivity contribution in [3.05, 3.63) is 35.9 Å². The Bertz CT molecular complexity index is 667. The van der Waals surface area contributed by atoms with Crippen molar-refractivity contribution in [3.63, 3.8) is 0 Å². The van der Waals surface area contributed by atoms with Crippen molar-refractivity contribution in [2.45, 2.75) is 38.9 Å². The predicted molar refractivity (Wildman–Crippen MR) is 119 cm³/mol. The highest BCUT2D eigenvalue weighted by Gasteiger charge is 2.29. The number of aliphatic imine (C=N–C) groups is 1. The van der Waals surface area contributed by atoms with E-state index in [2.05, 4.69) is 51.7 Å². The van der Waals surface area contributed by atoms with E-state index < -0.39 is 9.84 Å². The second kappa shape index (κ2) is 11.1. The van der Waals surface area contributed by atoms with Gasteiger partial charge in [-0.1, -0.05) is 37.3 Å². The molecule has 1 fully saturated rings. The van der Waals surface area contributed by atoms with Crippen LogP contribution in [0.3, 0.4) is 0 Å². The van der Waals surface area contributed by atoms with Gasteiger partial charge in [0.15, 0.2) is 15.8 Å². The molecule has 0 amide bonds. The molecule has 1 aromatic carbocycles. The molecule has 6 nitrogen and oxygen atoms in total. The fourth-order valence-corrected chi connectivity index (χ4v) is 3.80. The van der Waals surface area contributed by atoms with E-state index in [4.69, 9.17) is 0 Å². The van der Waals surface area contributed by atoms with Crippen LogP contribution in [0.2, 0.25) is 0 Å². The van der Waals surface area contributed by atoms with Crippen LogP contribution in [-0.4, -0.2) is 63.0 Å². The summed E-state index contributed by atoms with van der Waals surface area (Å²) in [6.45, 7) is 6.19. The molecule has 1 heterocycles. The van der Waals surface area contributed by atoms with E-state index in [9.17, 15) is 8.42 Å². The quantitative estimate of drug-likeness (QED) is 0.344. The molecule has 0 aliphatic carbocycles. The lowest BCUT2D eigenvalue weighted by Gasteiger charge is -2.21. The minimum atomic E-state index is -2.96. The summed E-state index contributed by atoms with van der Waals surface area (Å²) in [5.74, 6) is 0.978. The van der Waals surface area contributed by atoms with E-state index in [0.717, 1.165) is 19.5 Å². The van der Waals surface area contributed by atoms with Crippen molar-refractivity contribution in [2.75, 3.05) is 31.6 Å². The number of benzene rings is 1. The van der Waals surface area contributed by atoms with Gasteiger partial charge in [-0.2, -0.15) is 0 Å². The Morgan fingerprint density at radius 1 is 1.31 bits per heavy atom. The molecule has 2 N–H and O–H groups in total. The number of guanidine groups is 1. The van der Waals surface area contributed by atoms with Gasteiger partial charge in [-0.3, -0.25) is 9.89 Å². The molecule has 0 aromatic heterocycles. The standard InChI is InChI=1S/C18H30N4O2S.HI/c1-4-25(23,24)11-10-20-18(19-3)21-17-12-15(2)22(14-17)13-16-8-6-5-7-9-16;/h5-9,15,17H,4,10-14H2,1-3H3,(H2,19,20,21);1H. The number of hydrogen-bond acceptors (Lipinski definition) is 4. The maximum atomic E-state index is 11.6. The molecule has 0 spiro atoms. The van der Waals surface area contributed by atoms with Gasteiger partial charge in [0.1, 0.15) is 0 Å². The molecule has 148 valence electrons. The molecule has 1 aromatic rings. The third-order valence-corrected chi connectivity index (χ3v) is 6.35. The summed E-state index contributed by atoms with van der Waals surface area (Å²) in [6, 6.07) is 11.3. The maximum Gasteiger partial charge on any atom is 0.191 e. The smallest absolute Gasteiger partial charge is 0.191 e. The van der Waals surface area contributed by atoms with Gasteiger partial charge in [-0.15, -0.1) is 24.0 Å². The molecule has 2 atom stereocenters. The number of rotatable bonds is 7. The number of likely N-dealkylation sites (tertiary alicyclic amines) is 1. The van der Waals surface area contributed by atoms with Crippen molar-refractivity contribution in [3.8, 4) is 0 Å². The Hall–Kier alpha value is -0.870. The van der Waals surface area contributed by atoms with Gasteiger partial charge in [-0.05, 0) is 18.9 Å². The monoisotopic (exact) mass is 494 g/mol.